The van der Waals surface area contributed by atoms with E-state index in [1.54, 1.807) is 0 Å². The molecule has 0 spiro atoms. The van der Waals surface area contributed by atoms with Gasteiger partial charge in [-0.05, 0) is 37.5 Å². The van der Waals surface area contributed by atoms with Gasteiger partial charge in [0, 0.05) is 25.7 Å². The summed E-state index contributed by atoms with van der Waals surface area (Å²) >= 11 is 0. The molecule has 0 bridgehead atoms. The summed E-state index contributed by atoms with van der Waals surface area (Å²) in [7, 11) is -3.34. The standard InChI is InChI=1S/C12H24N2O3S/c1-2-4-11-7-12(11)13-18(16,17)14-6-3-5-10(8-14)9-15/h10-13,15H,2-9H2,1H3. The van der Waals surface area contributed by atoms with E-state index < -0.39 is 10.2 Å². The smallest absolute Gasteiger partial charge is 0.279 e. The van der Waals surface area contributed by atoms with E-state index >= 15 is 0 Å². The summed E-state index contributed by atoms with van der Waals surface area (Å²) in [4.78, 5) is 0. The molecule has 0 amide bonds. The molecule has 18 heavy (non-hydrogen) atoms. The van der Waals surface area contributed by atoms with Gasteiger partial charge in [-0.3, -0.25) is 0 Å². The van der Waals surface area contributed by atoms with E-state index in [4.69, 9.17) is 5.11 Å². The second-order valence-electron chi connectivity index (χ2n) is 5.56. The molecule has 0 aromatic carbocycles. The minimum Gasteiger partial charge on any atom is -0.396 e. The summed E-state index contributed by atoms with van der Waals surface area (Å²) in [5.74, 6) is 0.629. The number of nitrogens with one attached hydrogen (secondary N) is 1. The van der Waals surface area contributed by atoms with Crippen molar-refractivity contribution in [2.45, 2.75) is 45.1 Å². The summed E-state index contributed by atoms with van der Waals surface area (Å²) < 4.78 is 28.7. The molecule has 2 N–H and O–H groups in total. The van der Waals surface area contributed by atoms with Crippen molar-refractivity contribution in [2.24, 2.45) is 11.8 Å². The summed E-state index contributed by atoms with van der Waals surface area (Å²) in [5, 5.41) is 9.14. The first-order valence-corrected chi connectivity index (χ1v) is 8.39. The summed E-state index contributed by atoms with van der Waals surface area (Å²) in [6, 6.07) is 0.143. The Balaban J connectivity index is 1.87. The normalized spacial score (nSPS) is 33.6. The summed E-state index contributed by atoms with van der Waals surface area (Å²) in [5.41, 5.74) is 0. The number of hydrogen-bond donors (Lipinski definition) is 2. The zero-order chi connectivity index (χ0) is 13.2. The van der Waals surface area contributed by atoms with Gasteiger partial charge in [0.15, 0.2) is 0 Å². The monoisotopic (exact) mass is 276 g/mol. The van der Waals surface area contributed by atoms with Gasteiger partial charge in [-0.2, -0.15) is 17.4 Å². The maximum atomic E-state index is 12.2. The van der Waals surface area contributed by atoms with E-state index in [0.717, 1.165) is 32.1 Å². The highest BCUT2D eigenvalue weighted by Gasteiger charge is 2.41. The Labute approximate surface area is 110 Å². The van der Waals surface area contributed by atoms with Crippen LogP contribution in [0.3, 0.4) is 0 Å². The van der Waals surface area contributed by atoms with Crippen LogP contribution in [0.2, 0.25) is 0 Å². The van der Waals surface area contributed by atoms with Crippen LogP contribution in [0.5, 0.6) is 0 Å². The van der Waals surface area contributed by atoms with Crippen molar-refractivity contribution in [1.29, 1.82) is 0 Å². The largest absolute Gasteiger partial charge is 0.396 e. The van der Waals surface area contributed by atoms with Crippen LogP contribution in [0.1, 0.15) is 39.0 Å². The second kappa shape index (κ2) is 5.86. The number of nitrogens with zero attached hydrogens (tertiary/aromatic N) is 1. The van der Waals surface area contributed by atoms with E-state index in [0.29, 0.717) is 19.0 Å². The number of aliphatic hydroxyl groups is 1. The summed E-state index contributed by atoms with van der Waals surface area (Å²) in [6.45, 7) is 3.24. The van der Waals surface area contributed by atoms with Crippen molar-refractivity contribution in [2.75, 3.05) is 19.7 Å². The molecule has 1 saturated heterocycles. The SMILES string of the molecule is CCCC1CC1NS(=O)(=O)N1CCCC(CO)C1. The van der Waals surface area contributed by atoms with Crippen molar-refractivity contribution >= 4 is 10.2 Å². The predicted molar refractivity (Wildman–Crippen MR) is 70.2 cm³/mol. The predicted octanol–water partition coefficient (Wildman–Crippen LogP) is 0.714. The van der Waals surface area contributed by atoms with Gasteiger partial charge >= 0.3 is 0 Å². The lowest BCUT2D eigenvalue weighted by atomic mass is 10.0. The Bertz CT molecular complexity index is 372. The first-order chi connectivity index (χ1) is 8.56. The lowest BCUT2D eigenvalue weighted by Crippen LogP contribution is -2.47. The third-order valence-electron chi connectivity index (χ3n) is 3.96. The number of rotatable bonds is 6. The Morgan fingerprint density at radius 1 is 1.44 bits per heavy atom. The highest BCUT2D eigenvalue weighted by molar-refractivity contribution is 7.87. The van der Waals surface area contributed by atoms with Crippen molar-refractivity contribution < 1.29 is 13.5 Å². The Hall–Kier alpha value is -0.170. The first kappa shape index (κ1) is 14.2. The minimum atomic E-state index is -3.34. The van der Waals surface area contributed by atoms with E-state index in [1.807, 2.05) is 0 Å². The number of hydrogen-bond acceptors (Lipinski definition) is 3. The Morgan fingerprint density at radius 3 is 2.89 bits per heavy atom. The molecule has 2 aliphatic rings. The molecule has 3 unspecified atom stereocenters. The van der Waals surface area contributed by atoms with Crippen molar-refractivity contribution in [1.82, 2.24) is 9.03 Å². The van der Waals surface area contributed by atoms with Gasteiger partial charge in [0.2, 0.25) is 0 Å². The quantitative estimate of drug-likeness (QED) is 0.751. The van der Waals surface area contributed by atoms with Crippen molar-refractivity contribution in [3.63, 3.8) is 0 Å². The van der Waals surface area contributed by atoms with Crippen LogP contribution in [0.15, 0.2) is 0 Å². The van der Waals surface area contributed by atoms with Gasteiger partial charge in [-0.25, -0.2) is 0 Å². The van der Waals surface area contributed by atoms with Crippen LogP contribution in [0, 0.1) is 11.8 Å². The molecule has 2 rings (SSSR count). The topological polar surface area (TPSA) is 69.6 Å². The fraction of sp³-hybridized carbons (Fsp3) is 1.00. The summed E-state index contributed by atoms with van der Waals surface area (Å²) in [6.07, 6.45) is 4.95. The zero-order valence-electron chi connectivity index (χ0n) is 11.0. The highest BCUT2D eigenvalue weighted by Crippen LogP contribution is 2.35. The molecule has 1 heterocycles. The molecular weight excluding hydrogens is 252 g/mol. The molecular formula is C12H24N2O3S. The molecule has 1 aliphatic heterocycles. The van der Waals surface area contributed by atoms with Crippen LogP contribution in [0.4, 0.5) is 0 Å². The Kier molecular flexibility index (Phi) is 4.64. The average molecular weight is 276 g/mol. The van der Waals surface area contributed by atoms with E-state index in [2.05, 4.69) is 11.6 Å². The molecule has 106 valence electrons. The van der Waals surface area contributed by atoms with Crippen molar-refractivity contribution in [3.05, 3.63) is 0 Å². The van der Waals surface area contributed by atoms with E-state index in [1.165, 1.54) is 4.31 Å². The lowest BCUT2D eigenvalue weighted by molar-refractivity contribution is 0.164. The van der Waals surface area contributed by atoms with Gasteiger partial charge in [0.05, 0.1) is 0 Å². The molecule has 1 saturated carbocycles. The van der Waals surface area contributed by atoms with Crippen LogP contribution in [0.25, 0.3) is 0 Å². The maximum Gasteiger partial charge on any atom is 0.279 e. The number of aliphatic hydroxyl groups excluding tert-OH is 1. The number of piperidine rings is 1. The fourth-order valence-corrected chi connectivity index (χ4v) is 4.34. The van der Waals surface area contributed by atoms with Gasteiger partial charge in [-0.15, -0.1) is 0 Å². The zero-order valence-corrected chi connectivity index (χ0v) is 11.8. The van der Waals surface area contributed by atoms with E-state index in [-0.39, 0.29) is 18.6 Å². The molecule has 5 nitrogen and oxygen atoms in total. The molecule has 0 aromatic heterocycles. The Morgan fingerprint density at radius 2 is 2.22 bits per heavy atom. The third-order valence-corrected chi connectivity index (χ3v) is 5.57. The van der Waals surface area contributed by atoms with E-state index in [9.17, 15) is 8.42 Å². The average Bonchev–Trinajstić information content (AvgIpc) is 3.07. The van der Waals surface area contributed by atoms with Crippen LogP contribution >= 0.6 is 0 Å². The van der Waals surface area contributed by atoms with Gasteiger partial charge in [0.1, 0.15) is 0 Å². The molecule has 6 heteroatoms. The molecule has 0 radical (unpaired) electrons. The molecule has 3 atom stereocenters. The second-order valence-corrected chi connectivity index (χ2v) is 7.26. The minimum absolute atomic E-state index is 0.0773. The maximum absolute atomic E-state index is 12.2. The molecule has 2 fully saturated rings. The van der Waals surface area contributed by atoms with Crippen LogP contribution in [-0.4, -0.2) is 43.6 Å². The fourth-order valence-electron chi connectivity index (χ4n) is 2.74. The van der Waals surface area contributed by atoms with Crippen LogP contribution < -0.4 is 4.72 Å². The van der Waals surface area contributed by atoms with Crippen molar-refractivity contribution in [3.8, 4) is 0 Å². The lowest BCUT2D eigenvalue weighted by Gasteiger charge is -2.31. The molecule has 1 aliphatic carbocycles. The van der Waals surface area contributed by atoms with Gasteiger partial charge in [0.25, 0.3) is 10.2 Å². The van der Waals surface area contributed by atoms with Gasteiger partial charge < -0.3 is 5.11 Å². The van der Waals surface area contributed by atoms with Crippen LogP contribution in [-0.2, 0) is 10.2 Å². The highest BCUT2D eigenvalue weighted by atomic mass is 32.2. The van der Waals surface area contributed by atoms with Gasteiger partial charge in [-0.1, -0.05) is 13.3 Å². The molecule has 0 aromatic rings. The first-order valence-electron chi connectivity index (χ1n) is 6.95. The third kappa shape index (κ3) is 3.44.